The van der Waals surface area contributed by atoms with Crippen molar-refractivity contribution in [3.05, 3.63) is 65.5 Å². The van der Waals surface area contributed by atoms with E-state index in [4.69, 9.17) is 18.6 Å². The summed E-state index contributed by atoms with van der Waals surface area (Å²) in [5, 5.41) is 0. The Labute approximate surface area is 176 Å². The normalized spacial score (nSPS) is 10.8. The summed E-state index contributed by atoms with van der Waals surface area (Å²) in [4.78, 5) is 17.1. The molecule has 0 bridgehead atoms. The monoisotopic (exact) mass is 409 g/mol. The van der Waals surface area contributed by atoms with Crippen molar-refractivity contribution in [1.82, 2.24) is 4.98 Å². The van der Waals surface area contributed by atoms with Crippen molar-refractivity contribution >= 4 is 5.78 Å². The summed E-state index contributed by atoms with van der Waals surface area (Å²) in [6.07, 6.45) is 2.07. The van der Waals surface area contributed by atoms with Gasteiger partial charge in [0.05, 0.1) is 31.9 Å². The van der Waals surface area contributed by atoms with Gasteiger partial charge >= 0.3 is 0 Å². The number of hydrogen-bond acceptors (Lipinski definition) is 6. The molecule has 6 nitrogen and oxygen atoms in total. The van der Waals surface area contributed by atoms with Crippen LogP contribution in [0.1, 0.15) is 30.7 Å². The molecule has 3 rings (SSSR count). The van der Waals surface area contributed by atoms with E-state index in [0.717, 1.165) is 16.7 Å². The lowest BCUT2D eigenvalue weighted by Crippen LogP contribution is -2.09. The van der Waals surface area contributed by atoms with Crippen LogP contribution in [-0.4, -0.2) is 31.1 Å². The number of ketones is 1. The number of methoxy groups -OCH3 is 1. The zero-order chi connectivity index (χ0) is 21.3. The van der Waals surface area contributed by atoms with Gasteiger partial charge in [-0.2, -0.15) is 0 Å². The van der Waals surface area contributed by atoms with Crippen molar-refractivity contribution in [3.8, 4) is 23.0 Å². The molecule has 2 aromatic carbocycles. The van der Waals surface area contributed by atoms with Crippen LogP contribution in [0.3, 0.4) is 0 Å². The Bertz CT molecular complexity index is 979. The maximum absolute atomic E-state index is 12.6. The minimum Gasteiger partial charge on any atom is -0.490 e. The highest BCUT2D eigenvalue weighted by Gasteiger charge is 2.15. The number of ether oxygens (including phenoxy) is 3. The molecule has 30 heavy (non-hydrogen) atoms. The van der Waals surface area contributed by atoms with Gasteiger partial charge in [0.1, 0.15) is 12.0 Å². The molecule has 0 fully saturated rings. The van der Waals surface area contributed by atoms with E-state index in [1.54, 1.807) is 7.11 Å². The van der Waals surface area contributed by atoms with Crippen LogP contribution in [0.5, 0.6) is 11.5 Å². The Hall–Kier alpha value is -3.12. The van der Waals surface area contributed by atoms with Gasteiger partial charge in [-0.3, -0.25) is 4.79 Å². The largest absolute Gasteiger partial charge is 0.490 e. The number of aromatic nitrogens is 1. The van der Waals surface area contributed by atoms with E-state index in [-0.39, 0.29) is 12.2 Å². The van der Waals surface area contributed by atoms with Crippen molar-refractivity contribution in [3.63, 3.8) is 0 Å². The Kier molecular flexibility index (Phi) is 7.63. The summed E-state index contributed by atoms with van der Waals surface area (Å²) in [5.74, 6) is 1.84. The third-order valence-corrected chi connectivity index (χ3v) is 4.53. The molecule has 3 aromatic rings. The summed E-state index contributed by atoms with van der Waals surface area (Å²) >= 11 is 0. The smallest absolute Gasteiger partial charge is 0.226 e. The van der Waals surface area contributed by atoms with Crippen LogP contribution in [0.4, 0.5) is 0 Å². The zero-order valence-electron chi connectivity index (χ0n) is 17.6. The molecular formula is C24H27NO5. The fraction of sp³-hybridized carbons (Fsp3) is 0.333. The number of Topliss-reactive ketones (excluding diaryl/α,β-unsaturated/α-hetero) is 1. The van der Waals surface area contributed by atoms with Crippen molar-refractivity contribution in [1.29, 1.82) is 0 Å². The third kappa shape index (κ3) is 5.48. The lowest BCUT2D eigenvalue weighted by molar-refractivity contribution is -0.117. The third-order valence-electron chi connectivity index (χ3n) is 4.53. The summed E-state index contributed by atoms with van der Waals surface area (Å²) in [7, 11) is 1.65. The number of hydrogen-bond donors (Lipinski definition) is 0. The van der Waals surface area contributed by atoms with Crippen LogP contribution < -0.4 is 9.47 Å². The molecule has 0 N–H and O–H groups in total. The van der Waals surface area contributed by atoms with Gasteiger partial charge in [-0.15, -0.1) is 0 Å². The Morgan fingerprint density at radius 2 is 1.70 bits per heavy atom. The van der Waals surface area contributed by atoms with Crippen LogP contribution in [-0.2, 0) is 29.0 Å². The van der Waals surface area contributed by atoms with Crippen LogP contribution in [0.25, 0.3) is 11.5 Å². The molecule has 158 valence electrons. The van der Waals surface area contributed by atoms with Gasteiger partial charge in [0, 0.05) is 19.1 Å². The second-order valence-electron chi connectivity index (χ2n) is 6.77. The second-order valence-corrected chi connectivity index (χ2v) is 6.77. The summed E-state index contributed by atoms with van der Waals surface area (Å²) in [6, 6.07) is 13.3. The molecule has 0 saturated carbocycles. The predicted octanol–water partition coefficient (Wildman–Crippen LogP) is 4.64. The minimum atomic E-state index is 0.0695. The molecule has 0 aliphatic carbocycles. The maximum atomic E-state index is 12.6. The fourth-order valence-electron chi connectivity index (χ4n) is 3.21. The van der Waals surface area contributed by atoms with Crippen molar-refractivity contribution in [2.24, 2.45) is 0 Å². The molecule has 0 aliphatic rings. The Balaban J connectivity index is 1.71. The number of rotatable bonds is 11. The average Bonchev–Trinajstić information content (AvgIpc) is 3.19. The van der Waals surface area contributed by atoms with Crippen LogP contribution in [0.2, 0.25) is 0 Å². The zero-order valence-corrected chi connectivity index (χ0v) is 17.6. The van der Waals surface area contributed by atoms with Gasteiger partial charge in [-0.25, -0.2) is 4.98 Å². The highest BCUT2D eigenvalue weighted by molar-refractivity contribution is 5.83. The standard InChI is InChI=1S/C24H27NO5/c1-4-28-22-11-10-18(13-23(22)29-5-2)24-25-20(16-30-24)14-21(26)12-17-8-6-7-9-19(17)15-27-3/h6-11,13,16H,4-5,12,14-15H2,1-3H3. The highest BCUT2D eigenvalue weighted by Crippen LogP contribution is 2.32. The maximum Gasteiger partial charge on any atom is 0.226 e. The van der Waals surface area contributed by atoms with E-state index in [1.807, 2.05) is 56.3 Å². The van der Waals surface area contributed by atoms with Crippen molar-refractivity contribution < 1.29 is 23.4 Å². The number of carbonyl (C=O) groups excluding carboxylic acids is 1. The van der Waals surface area contributed by atoms with Gasteiger partial charge in [-0.05, 0) is 43.2 Å². The molecule has 0 unspecified atom stereocenters. The topological polar surface area (TPSA) is 70.8 Å². The van der Waals surface area contributed by atoms with Gasteiger partial charge in [0.25, 0.3) is 0 Å². The molecule has 0 amide bonds. The average molecular weight is 409 g/mol. The molecule has 0 atom stereocenters. The summed E-state index contributed by atoms with van der Waals surface area (Å²) < 4.78 is 22.1. The Morgan fingerprint density at radius 3 is 2.43 bits per heavy atom. The van der Waals surface area contributed by atoms with E-state index in [0.29, 0.717) is 49.3 Å². The fourth-order valence-corrected chi connectivity index (χ4v) is 3.21. The van der Waals surface area contributed by atoms with Gasteiger partial charge in [0.15, 0.2) is 11.5 Å². The molecule has 0 spiro atoms. The van der Waals surface area contributed by atoms with Crippen molar-refractivity contribution in [2.45, 2.75) is 33.3 Å². The van der Waals surface area contributed by atoms with E-state index in [1.165, 1.54) is 6.26 Å². The van der Waals surface area contributed by atoms with Gasteiger partial charge in [0.2, 0.25) is 5.89 Å². The minimum absolute atomic E-state index is 0.0695. The number of nitrogens with zero attached hydrogens (tertiary/aromatic N) is 1. The molecular weight excluding hydrogens is 382 g/mol. The lowest BCUT2D eigenvalue weighted by atomic mass is 10.0. The molecule has 0 saturated heterocycles. The van der Waals surface area contributed by atoms with E-state index in [9.17, 15) is 4.79 Å². The SMILES string of the molecule is CCOc1ccc(-c2nc(CC(=O)Cc3ccccc3COC)co2)cc1OCC. The first kappa shape index (κ1) is 21.6. The van der Waals surface area contributed by atoms with Gasteiger partial charge in [-0.1, -0.05) is 24.3 Å². The first-order valence-electron chi connectivity index (χ1n) is 10.1. The second kappa shape index (κ2) is 10.6. The number of oxazole rings is 1. The van der Waals surface area contributed by atoms with E-state index < -0.39 is 0 Å². The first-order chi connectivity index (χ1) is 14.6. The Morgan fingerprint density at radius 1 is 0.967 bits per heavy atom. The summed E-state index contributed by atoms with van der Waals surface area (Å²) in [5.41, 5.74) is 3.37. The molecule has 0 radical (unpaired) electrons. The van der Waals surface area contributed by atoms with Gasteiger partial charge < -0.3 is 18.6 Å². The van der Waals surface area contributed by atoms with Crippen molar-refractivity contribution in [2.75, 3.05) is 20.3 Å². The first-order valence-corrected chi connectivity index (χ1v) is 10.1. The molecule has 1 aromatic heterocycles. The van der Waals surface area contributed by atoms with Crippen LogP contribution in [0, 0.1) is 0 Å². The number of benzene rings is 2. The van der Waals surface area contributed by atoms with E-state index in [2.05, 4.69) is 4.98 Å². The van der Waals surface area contributed by atoms with Crippen LogP contribution in [0.15, 0.2) is 53.1 Å². The molecule has 0 aliphatic heterocycles. The summed E-state index contributed by atoms with van der Waals surface area (Å²) in [6.45, 7) is 5.41. The molecule has 1 heterocycles. The van der Waals surface area contributed by atoms with Crippen LogP contribution >= 0.6 is 0 Å². The molecule has 6 heteroatoms. The predicted molar refractivity (Wildman–Crippen MR) is 114 cm³/mol. The lowest BCUT2D eigenvalue weighted by Gasteiger charge is -2.11. The van der Waals surface area contributed by atoms with E-state index >= 15 is 0 Å². The quantitative estimate of drug-likeness (QED) is 0.459. The highest BCUT2D eigenvalue weighted by atomic mass is 16.5. The number of carbonyl (C=O) groups is 1.